The van der Waals surface area contributed by atoms with Gasteiger partial charge in [0.1, 0.15) is 0 Å². The molecule has 17 heteroatoms. The number of halogens is 5. The largest absolute Gasteiger partial charge is 0 e. The summed E-state index contributed by atoms with van der Waals surface area (Å²) in [5.74, 6) is 0.278. The standard InChI is InChI=1S/C12H13BrO.C12H17BrO.C12H15Br.C10H13Br.C8H9Br.CH4.CH3.Cr.H2O4S.3O.Pd/c1-12(2)6-5-11(14)9-7-8(13)3-4-10(9)12;1-12(2,14)8-4-6-10-5-3-7-11(13)9-10;1-12(2)7-3-4-9-8-10(13)5-6-11(9)12;1-2-3-5-9-6-4-7-10(11)8-9;1-2-7-4-3-5-8(9)6-7;;;;1-5(2,3)4;;;;/h3-4,7H,5-6H2,1-2H3;3,5,7,9,14H,4,6,8H2,1-2H3;5-6,8H,3-4,7H2,1-2H3;4,6-8H,2-3,5H2,1H3;3-6H,2H2,1H3;1H4;1H3;;(H2,1,2,3,4);;;;/q;;;;;;-1;;;;;;. The van der Waals surface area contributed by atoms with Gasteiger partial charge in [-0.2, -0.15) is 8.42 Å². The van der Waals surface area contributed by atoms with Gasteiger partial charge in [-0.3, -0.25) is 13.9 Å². The monoisotopic (exact) mass is 1480 g/mol. The maximum Gasteiger partial charge on any atom is 0 e. The van der Waals surface area contributed by atoms with Crippen molar-refractivity contribution in [3.05, 3.63) is 178 Å². The van der Waals surface area contributed by atoms with Gasteiger partial charge in [-0.25, -0.2) is 0 Å². The van der Waals surface area contributed by atoms with Gasteiger partial charge in [0.25, 0.3) is 0 Å². The summed E-state index contributed by atoms with van der Waals surface area (Å²) in [5, 5.41) is 9.54. The summed E-state index contributed by atoms with van der Waals surface area (Å²) in [6.45, 7) is 17.2. The molecule has 0 heterocycles. The number of hydrogen-bond donors (Lipinski definition) is 3. The average Bonchev–Trinajstić information content (AvgIpc) is 3.24. The van der Waals surface area contributed by atoms with Gasteiger partial charge >= 0.3 is 35.8 Å². The number of ketones is 1. The Morgan fingerprint density at radius 2 is 1.01 bits per heavy atom. The van der Waals surface area contributed by atoms with Crippen LogP contribution in [0.1, 0.15) is 158 Å². The molecule has 0 saturated carbocycles. The second-order valence-electron chi connectivity index (χ2n) is 18.7. The molecule has 0 aromatic heterocycles. The number of hydrogen-bond acceptors (Lipinski definition) is 7. The molecule has 3 N–H and O–H groups in total. The van der Waals surface area contributed by atoms with Gasteiger partial charge in [-0.15, -0.1) is 0 Å². The summed E-state index contributed by atoms with van der Waals surface area (Å²) in [7, 11) is -4.67. The third kappa shape index (κ3) is 35.6. The Labute approximate surface area is 498 Å². The summed E-state index contributed by atoms with van der Waals surface area (Å²) in [4.78, 5) is 11.7. The number of aliphatic hydroxyl groups is 1. The van der Waals surface area contributed by atoms with Crippen LogP contribution in [-0.4, -0.2) is 34.0 Å². The normalized spacial score (nSPS) is 13.2. The molecule has 5 aromatic carbocycles. The molecule has 9 nitrogen and oxygen atoms in total. The molecule has 0 bridgehead atoms. The Kier molecular flexibility index (Phi) is 39.7. The minimum Gasteiger partial charge on any atom is 0 e. The van der Waals surface area contributed by atoms with Gasteiger partial charge in [0.2, 0.25) is 0 Å². The smallest absolute Gasteiger partial charge is 0 e. The van der Waals surface area contributed by atoms with Crippen molar-refractivity contribution in [3.63, 3.8) is 0 Å². The molecule has 0 atom stereocenters. The van der Waals surface area contributed by atoms with E-state index in [-0.39, 0.29) is 46.5 Å². The van der Waals surface area contributed by atoms with E-state index in [4.69, 9.17) is 28.9 Å². The number of carbonyl (C=O) groups is 1. The molecule has 0 fully saturated rings. The van der Waals surface area contributed by atoms with E-state index in [1.165, 1.54) is 79.8 Å². The molecular weight excluding hydrogens is 1410 g/mol. The summed E-state index contributed by atoms with van der Waals surface area (Å²) >= 11 is 13.4. The minimum absolute atomic E-state index is 0. The van der Waals surface area contributed by atoms with E-state index < -0.39 is 30.0 Å². The van der Waals surface area contributed by atoms with Crippen LogP contribution in [0.5, 0.6) is 0 Å². The van der Waals surface area contributed by atoms with Crippen LogP contribution in [0.25, 0.3) is 0 Å². The molecule has 0 aliphatic heterocycles. The molecule has 5 aromatic rings. The van der Waals surface area contributed by atoms with Crippen LogP contribution in [0.4, 0.5) is 0 Å². The van der Waals surface area contributed by atoms with E-state index >= 15 is 0 Å². The minimum atomic E-state index is -4.67. The maximum atomic E-state index is 11.7. The van der Waals surface area contributed by atoms with E-state index in [2.05, 4.69) is 200 Å². The predicted octanol–water partition coefficient (Wildman–Crippen LogP) is 18.2. The molecule has 2 aliphatic carbocycles. The van der Waals surface area contributed by atoms with Crippen molar-refractivity contribution in [2.24, 2.45) is 0 Å². The van der Waals surface area contributed by atoms with E-state index in [9.17, 15) is 9.90 Å². The third-order valence-electron chi connectivity index (χ3n) is 11.2. The van der Waals surface area contributed by atoms with Crippen molar-refractivity contribution in [3.8, 4) is 0 Å². The van der Waals surface area contributed by atoms with Crippen molar-refractivity contribution < 1.29 is 73.2 Å². The van der Waals surface area contributed by atoms with E-state index in [1.54, 1.807) is 5.56 Å². The second kappa shape index (κ2) is 38.2. The molecular formula is C56H76Br5CrO9PdS-. The van der Waals surface area contributed by atoms with Crippen molar-refractivity contribution in [1.82, 2.24) is 0 Å². The molecule has 73 heavy (non-hydrogen) atoms. The predicted molar refractivity (Wildman–Crippen MR) is 310 cm³/mol. The van der Waals surface area contributed by atoms with Gasteiger partial charge in [0.15, 0.2) is 5.78 Å². The van der Waals surface area contributed by atoms with Gasteiger partial charge in [-0.1, -0.05) is 184 Å². The number of fused-ring (bicyclic) bond motifs is 2. The van der Waals surface area contributed by atoms with Crippen LogP contribution in [0.15, 0.2) is 132 Å². The fourth-order valence-corrected chi connectivity index (χ4v) is 9.67. The van der Waals surface area contributed by atoms with Crippen LogP contribution in [0, 0.1) is 7.43 Å². The van der Waals surface area contributed by atoms with Gasteiger partial charge in [-0.05, 0) is 183 Å². The zero-order chi connectivity index (χ0) is 53.3. The van der Waals surface area contributed by atoms with Crippen LogP contribution >= 0.6 is 79.6 Å². The Hall–Kier alpha value is -1.41. The van der Waals surface area contributed by atoms with E-state index in [1.807, 2.05) is 44.2 Å². The third-order valence-corrected chi connectivity index (χ3v) is 13.6. The topological polar surface area (TPSA) is 163 Å². The molecule has 0 unspecified atom stereocenters. The van der Waals surface area contributed by atoms with Crippen molar-refractivity contribution in [1.29, 1.82) is 0 Å². The van der Waals surface area contributed by atoms with Crippen molar-refractivity contribution in [2.75, 3.05) is 0 Å². The van der Waals surface area contributed by atoms with Gasteiger partial charge in [0.05, 0.1) is 5.60 Å². The van der Waals surface area contributed by atoms with Gasteiger partial charge in [0, 0.05) is 54.8 Å². The first-order valence-corrected chi connectivity index (χ1v) is 29.9. The number of carbonyl (C=O) groups excluding carboxylic acids is 1. The Morgan fingerprint density at radius 3 is 1.44 bits per heavy atom. The van der Waals surface area contributed by atoms with Crippen molar-refractivity contribution in [2.45, 2.75) is 156 Å². The van der Waals surface area contributed by atoms with Crippen LogP contribution in [0.2, 0.25) is 0 Å². The average molecular weight is 1480 g/mol. The number of Topliss-reactive ketones (excluding diaryl/α,β-unsaturated/α-hetero) is 1. The molecule has 2 aliphatic rings. The molecule has 0 amide bonds. The Balaban J connectivity index is -0.000000802. The summed E-state index contributed by atoms with van der Waals surface area (Å²) < 4.78 is 62.9. The Bertz CT molecular complexity index is 2610. The first kappa shape index (κ1) is 75.8. The molecule has 412 valence electrons. The number of rotatable bonds is 8. The first-order valence-electron chi connectivity index (χ1n) is 23.0. The number of benzene rings is 5. The summed E-state index contributed by atoms with van der Waals surface area (Å²) in [5.41, 5.74) is 9.29. The van der Waals surface area contributed by atoms with E-state index in [0.717, 1.165) is 46.6 Å². The van der Waals surface area contributed by atoms with Crippen LogP contribution in [0.3, 0.4) is 0 Å². The van der Waals surface area contributed by atoms with Crippen LogP contribution in [-0.2, 0) is 92.7 Å². The van der Waals surface area contributed by atoms with Crippen LogP contribution < -0.4 is 0 Å². The molecule has 7 rings (SSSR count). The molecule has 0 saturated heterocycles. The maximum absolute atomic E-state index is 11.7. The quantitative estimate of drug-likeness (QED) is 0.0780. The first-order chi connectivity index (χ1) is 32.5. The van der Waals surface area contributed by atoms with E-state index in [0.29, 0.717) is 11.8 Å². The SMILES string of the molecule is C.CC(C)(O)CCCc1cccc(Br)c1.CC1(C)CCC(=O)c2cc(Br)ccc21.CC1(C)CCCc2cc(Br)ccc21.CCCCc1cccc(Br)c1.CCc1cccc(Br)c1.O=S(=O)(O)O.[CH3-].[O]=[Cr](=[O])=[O].[Pd]. The fourth-order valence-electron chi connectivity index (χ4n) is 7.57. The van der Waals surface area contributed by atoms with Crippen molar-refractivity contribution >= 4 is 95.8 Å². The molecule has 0 radical (unpaired) electrons. The summed E-state index contributed by atoms with van der Waals surface area (Å²) in [6, 6.07) is 37.9. The molecule has 0 spiro atoms. The zero-order valence-electron chi connectivity index (χ0n) is 42.7. The zero-order valence-corrected chi connectivity index (χ0v) is 54.3. The summed E-state index contributed by atoms with van der Waals surface area (Å²) in [6.07, 6.45) is 13.3. The number of unbranched alkanes of at least 4 members (excludes halogenated alkanes) is 1. The second-order valence-corrected chi connectivity index (χ2v) is 24.8. The Morgan fingerprint density at radius 1 is 0.616 bits per heavy atom. The fraction of sp³-hybridized carbons (Fsp3) is 0.429. The van der Waals surface area contributed by atoms with Gasteiger partial charge < -0.3 is 12.5 Å². The number of aryl methyl sites for hydroxylation is 4.